The van der Waals surface area contributed by atoms with E-state index in [2.05, 4.69) is 42.2 Å². The molecule has 0 bridgehead atoms. The Bertz CT molecular complexity index is 736. The third-order valence-corrected chi connectivity index (χ3v) is 3.81. The molecule has 0 aliphatic heterocycles. The van der Waals surface area contributed by atoms with Crippen molar-refractivity contribution in [2.45, 2.75) is 0 Å². The van der Waals surface area contributed by atoms with Crippen LogP contribution in [0.2, 0.25) is 0 Å². The summed E-state index contributed by atoms with van der Waals surface area (Å²) in [5, 5.41) is 22.8. The van der Waals surface area contributed by atoms with Crippen LogP contribution >= 0.6 is 31.9 Å². The first kappa shape index (κ1) is 15.4. The first-order chi connectivity index (χ1) is 9.90. The molecule has 0 amide bonds. The fourth-order valence-corrected chi connectivity index (χ4v) is 2.47. The molecule has 1 aromatic heterocycles. The molecule has 0 spiro atoms. The second-order valence-corrected chi connectivity index (χ2v) is 5.61. The van der Waals surface area contributed by atoms with E-state index in [4.69, 9.17) is 5.11 Å². The number of benzene rings is 1. The van der Waals surface area contributed by atoms with Crippen molar-refractivity contribution >= 4 is 54.9 Å². The quantitative estimate of drug-likeness (QED) is 0.577. The van der Waals surface area contributed by atoms with E-state index in [0.717, 1.165) is 6.20 Å². The normalized spacial score (nSPS) is 10.2. The van der Waals surface area contributed by atoms with Crippen LogP contribution in [0.4, 0.5) is 17.1 Å². The summed E-state index contributed by atoms with van der Waals surface area (Å²) < 4.78 is 0.895. The van der Waals surface area contributed by atoms with Gasteiger partial charge in [0.1, 0.15) is 11.9 Å². The van der Waals surface area contributed by atoms with Crippen molar-refractivity contribution in [3.8, 4) is 0 Å². The summed E-state index contributed by atoms with van der Waals surface area (Å²) in [4.78, 5) is 25.1. The predicted octanol–water partition coefficient (Wildman–Crippen LogP) is 3.96. The number of carboxylic acids is 1. The number of nitro groups is 1. The minimum Gasteiger partial charge on any atom is -0.478 e. The number of nitrogens with zero attached hydrogens (tertiary/aromatic N) is 2. The zero-order chi connectivity index (χ0) is 15.6. The SMILES string of the molecule is O=C(O)c1ccc(Nc2c(Br)cncc2[N+](=O)[O-])c(Br)c1. The van der Waals surface area contributed by atoms with Crippen LogP contribution in [0.5, 0.6) is 0 Å². The van der Waals surface area contributed by atoms with Gasteiger partial charge in [-0.1, -0.05) is 0 Å². The van der Waals surface area contributed by atoms with E-state index < -0.39 is 10.9 Å². The van der Waals surface area contributed by atoms with Crippen LogP contribution in [0.3, 0.4) is 0 Å². The second kappa shape index (κ2) is 6.19. The van der Waals surface area contributed by atoms with Crippen LogP contribution < -0.4 is 5.32 Å². The Morgan fingerprint density at radius 3 is 2.57 bits per heavy atom. The zero-order valence-corrected chi connectivity index (χ0v) is 13.4. The third-order valence-electron chi connectivity index (χ3n) is 2.55. The van der Waals surface area contributed by atoms with Gasteiger partial charge >= 0.3 is 11.7 Å². The minimum atomic E-state index is -1.06. The highest BCUT2D eigenvalue weighted by Crippen LogP contribution is 2.36. The molecule has 0 radical (unpaired) electrons. The van der Waals surface area contributed by atoms with Gasteiger partial charge in [0.05, 0.1) is 20.6 Å². The molecule has 0 aliphatic rings. The van der Waals surface area contributed by atoms with Gasteiger partial charge in [-0.2, -0.15) is 0 Å². The summed E-state index contributed by atoms with van der Waals surface area (Å²) in [6.07, 6.45) is 2.56. The Hall–Kier alpha value is -2.00. The minimum absolute atomic E-state index is 0.107. The van der Waals surface area contributed by atoms with Crippen LogP contribution in [0.15, 0.2) is 39.5 Å². The fraction of sp³-hybridized carbons (Fsp3) is 0. The number of hydrogen-bond donors (Lipinski definition) is 2. The van der Waals surface area contributed by atoms with Crippen molar-refractivity contribution < 1.29 is 14.8 Å². The number of hydrogen-bond acceptors (Lipinski definition) is 5. The van der Waals surface area contributed by atoms with E-state index in [1.807, 2.05) is 0 Å². The van der Waals surface area contributed by atoms with Gasteiger partial charge in [-0.3, -0.25) is 15.1 Å². The fourth-order valence-electron chi connectivity index (χ4n) is 1.57. The summed E-state index contributed by atoms with van der Waals surface area (Å²) in [5.74, 6) is -1.06. The molecule has 0 unspecified atom stereocenters. The van der Waals surface area contributed by atoms with Gasteiger partial charge in [-0.25, -0.2) is 4.79 Å². The van der Waals surface area contributed by atoms with E-state index >= 15 is 0 Å². The lowest BCUT2D eigenvalue weighted by Gasteiger charge is -2.11. The Morgan fingerprint density at radius 1 is 1.29 bits per heavy atom. The van der Waals surface area contributed by atoms with E-state index in [0.29, 0.717) is 14.6 Å². The van der Waals surface area contributed by atoms with Crippen LogP contribution in [0, 0.1) is 10.1 Å². The molecule has 1 aromatic carbocycles. The molecule has 2 aromatic rings. The van der Waals surface area contributed by atoms with Gasteiger partial charge in [0.2, 0.25) is 0 Å². The van der Waals surface area contributed by atoms with Gasteiger partial charge in [0.15, 0.2) is 0 Å². The maximum absolute atomic E-state index is 11.0. The number of rotatable bonds is 4. The molecule has 0 saturated heterocycles. The maximum atomic E-state index is 11.0. The lowest BCUT2D eigenvalue weighted by Crippen LogP contribution is -2.01. The molecular formula is C12H7Br2N3O4. The number of halogens is 2. The largest absolute Gasteiger partial charge is 0.478 e. The third kappa shape index (κ3) is 3.37. The van der Waals surface area contributed by atoms with Gasteiger partial charge in [-0.05, 0) is 50.1 Å². The van der Waals surface area contributed by atoms with Gasteiger partial charge < -0.3 is 10.4 Å². The first-order valence-corrected chi connectivity index (χ1v) is 7.06. The Kier molecular flexibility index (Phi) is 4.53. The van der Waals surface area contributed by atoms with Gasteiger partial charge in [0.25, 0.3) is 0 Å². The average Bonchev–Trinajstić information content (AvgIpc) is 2.42. The Balaban J connectivity index is 2.44. The van der Waals surface area contributed by atoms with Crippen molar-refractivity contribution in [3.05, 3.63) is 55.2 Å². The average molecular weight is 417 g/mol. The highest BCUT2D eigenvalue weighted by molar-refractivity contribution is 9.11. The van der Waals surface area contributed by atoms with Crippen LogP contribution in [0.1, 0.15) is 10.4 Å². The Labute approximate surface area is 135 Å². The maximum Gasteiger partial charge on any atom is 0.335 e. The first-order valence-electron chi connectivity index (χ1n) is 5.48. The standard InChI is InChI=1S/C12H7Br2N3O4/c13-7-3-6(12(18)19)1-2-9(7)16-11-8(14)4-15-5-10(11)17(20)21/h1-5H,(H,15,16)(H,18,19). The van der Waals surface area contributed by atoms with Crippen molar-refractivity contribution in [1.29, 1.82) is 0 Å². The van der Waals surface area contributed by atoms with Crippen LogP contribution in [-0.2, 0) is 0 Å². The molecule has 1 heterocycles. The number of aromatic carboxylic acids is 1. The molecular weight excluding hydrogens is 410 g/mol. The van der Waals surface area contributed by atoms with Gasteiger partial charge in [-0.15, -0.1) is 0 Å². The van der Waals surface area contributed by atoms with Gasteiger partial charge in [0, 0.05) is 10.7 Å². The summed E-state index contributed by atoms with van der Waals surface area (Å²) in [6, 6.07) is 4.33. The lowest BCUT2D eigenvalue weighted by atomic mass is 10.2. The number of carbonyl (C=O) groups is 1. The number of pyridine rings is 1. The van der Waals surface area contributed by atoms with Crippen molar-refractivity contribution in [2.24, 2.45) is 0 Å². The molecule has 2 N–H and O–H groups in total. The molecule has 7 nitrogen and oxygen atoms in total. The topological polar surface area (TPSA) is 105 Å². The van der Waals surface area contributed by atoms with Crippen LogP contribution in [-0.4, -0.2) is 21.0 Å². The Morgan fingerprint density at radius 2 is 2.00 bits per heavy atom. The van der Waals surface area contributed by atoms with E-state index in [1.54, 1.807) is 0 Å². The monoisotopic (exact) mass is 415 g/mol. The lowest BCUT2D eigenvalue weighted by molar-refractivity contribution is -0.384. The van der Waals surface area contributed by atoms with E-state index in [-0.39, 0.29) is 16.9 Å². The molecule has 0 aliphatic carbocycles. The van der Waals surface area contributed by atoms with Crippen LogP contribution in [0.25, 0.3) is 0 Å². The summed E-state index contributed by atoms with van der Waals surface area (Å²) in [7, 11) is 0. The highest BCUT2D eigenvalue weighted by atomic mass is 79.9. The van der Waals surface area contributed by atoms with E-state index in [1.165, 1.54) is 24.4 Å². The molecule has 0 fully saturated rings. The molecule has 0 saturated carbocycles. The van der Waals surface area contributed by atoms with Crippen molar-refractivity contribution in [1.82, 2.24) is 4.98 Å². The molecule has 9 heteroatoms. The molecule has 21 heavy (non-hydrogen) atoms. The molecule has 2 rings (SSSR count). The number of aromatic nitrogens is 1. The van der Waals surface area contributed by atoms with Crippen molar-refractivity contribution in [3.63, 3.8) is 0 Å². The number of anilines is 2. The predicted molar refractivity (Wildman–Crippen MR) is 83.0 cm³/mol. The van der Waals surface area contributed by atoms with Crippen molar-refractivity contribution in [2.75, 3.05) is 5.32 Å². The second-order valence-electron chi connectivity index (χ2n) is 3.90. The molecule has 0 atom stereocenters. The highest BCUT2D eigenvalue weighted by Gasteiger charge is 2.18. The number of nitrogens with one attached hydrogen (secondary N) is 1. The number of carboxylic acid groups (broad SMARTS) is 1. The summed E-state index contributed by atoms with van der Waals surface area (Å²) >= 11 is 6.43. The van der Waals surface area contributed by atoms with E-state index in [9.17, 15) is 14.9 Å². The zero-order valence-electron chi connectivity index (χ0n) is 10.2. The molecule has 108 valence electrons. The smallest absolute Gasteiger partial charge is 0.335 e. The summed E-state index contributed by atoms with van der Waals surface area (Å²) in [5.41, 5.74) is 0.642. The summed E-state index contributed by atoms with van der Waals surface area (Å²) in [6.45, 7) is 0.